The molecular formula is C5H10Cl2O6. The molecule has 0 saturated carbocycles. The normalized spacial score (nSPS) is 12.9. The molecule has 0 saturated heterocycles. The summed E-state index contributed by atoms with van der Waals surface area (Å²) < 4.78 is 48.3. The summed E-state index contributed by atoms with van der Waals surface area (Å²) in [5.74, 6) is 0. The summed E-state index contributed by atoms with van der Waals surface area (Å²) in [7, 11) is -4.55. The first kappa shape index (κ1) is 13.3. The molecule has 0 aromatic heterocycles. The van der Waals surface area contributed by atoms with Gasteiger partial charge in [-0.2, -0.15) is 0 Å². The fraction of sp³-hybridized carbons (Fsp3) is 1.00. The molecule has 0 fully saturated rings. The van der Waals surface area contributed by atoms with Gasteiger partial charge in [0.1, 0.15) is 0 Å². The molecule has 0 unspecified atom stereocenters. The quantitative estimate of drug-likeness (QED) is 0.468. The maximum atomic E-state index is 9.96. The second kappa shape index (κ2) is 5.94. The molecule has 0 amide bonds. The zero-order valence-electron chi connectivity index (χ0n) is 7.12. The van der Waals surface area contributed by atoms with Gasteiger partial charge in [-0.25, -0.2) is 0 Å². The molecule has 0 aliphatic rings. The third-order valence-corrected chi connectivity index (χ3v) is 1.64. The van der Waals surface area contributed by atoms with E-state index in [4.69, 9.17) is 0 Å². The highest BCUT2D eigenvalue weighted by Gasteiger charge is 2.29. The van der Waals surface area contributed by atoms with Crippen molar-refractivity contribution in [3.8, 4) is 0 Å². The summed E-state index contributed by atoms with van der Waals surface area (Å²) in [6.45, 7) is 2.92. The Morgan fingerprint density at radius 3 is 1.46 bits per heavy atom. The fourth-order valence-corrected chi connectivity index (χ4v) is 1.20. The molecule has 0 spiro atoms. The molecule has 80 valence electrons. The van der Waals surface area contributed by atoms with E-state index in [1.54, 1.807) is 13.8 Å². The maximum Gasteiger partial charge on any atom is 0.285 e. The number of hydrogen-bond acceptors (Lipinski definition) is 6. The van der Waals surface area contributed by atoms with Gasteiger partial charge in [-0.15, -0.1) is 0 Å². The van der Waals surface area contributed by atoms with Crippen molar-refractivity contribution in [2.45, 2.75) is 13.8 Å². The van der Waals surface area contributed by atoms with Crippen LogP contribution in [0, 0.1) is 27.0 Å². The zero-order chi connectivity index (χ0) is 10.5. The predicted octanol–water partition coefficient (Wildman–Crippen LogP) is -3.78. The van der Waals surface area contributed by atoms with Gasteiger partial charge in [-0.3, -0.25) is 0 Å². The van der Waals surface area contributed by atoms with Crippen molar-refractivity contribution >= 4 is 0 Å². The molecule has 0 bridgehead atoms. The van der Waals surface area contributed by atoms with Gasteiger partial charge in [0.2, 0.25) is 0 Å². The van der Waals surface area contributed by atoms with Gasteiger partial charge in [0.15, 0.2) is 13.2 Å². The van der Waals surface area contributed by atoms with Crippen LogP contribution in [0.25, 0.3) is 0 Å². The van der Waals surface area contributed by atoms with Crippen LogP contribution < -0.4 is 18.6 Å². The molecule has 0 N–H and O–H groups in total. The smallest absolute Gasteiger partial charge is 0.285 e. The minimum Gasteiger partial charge on any atom is -0.320 e. The summed E-state index contributed by atoms with van der Waals surface area (Å²) in [5.41, 5.74) is -0.685. The molecule has 0 aromatic carbocycles. The summed E-state index contributed by atoms with van der Waals surface area (Å²) in [4.78, 5) is 0. The molecule has 0 rings (SSSR count). The molecular weight excluding hydrogens is 227 g/mol. The topological polar surface area (TPSA) is 111 Å². The molecule has 13 heavy (non-hydrogen) atoms. The SMILES string of the molecule is CC(C)(CO[Cl+2]([O-])[O-])CO[Cl+2]([O-])[O-]. The van der Waals surface area contributed by atoms with Crippen molar-refractivity contribution in [2.75, 3.05) is 13.2 Å². The first-order chi connectivity index (χ1) is 5.83. The molecule has 0 aliphatic heterocycles. The highest BCUT2D eigenvalue weighted by atomic mass is 35.6. The summed E-state index contributed by atoms with van der Waals surface area (Å²) >= 11 is 0. The van der Waals surface area contributed by atoms with Crippen molar-refractivity contribution in [1.29, 1.82) is 0 Å². The van der Waals surface area contributed by atoms with E-state index < -0.39 is 27.0 Å². The van der Waals surface area contributed by atoms with E-state index in [2.05, 4.69) is 8.58 Å². The lowest BCUT2D eigenvalue weighted by Crippen LogP contribution is -2.41. The van der Waals surface area contributed by atoms with E-state index >= 15 is 0 Å². The standard InChI is InChI=1S/C5H10Cl2O6/c1-5(2,3-12-6(8)9)4-13-7(10)11/h3-4H2,1-2H3. The molecule has 8 heteroatoms. The van der Waals surface area contributed by atoms with Crippen molar-refractivity contribution < 1.29 is 48.8 Å². The average Bonchev–Trinajstić information content (AvgIpc) is 1.98. The average molecular weight is 237 g/mol. The maximum absolute atomic E-state index is 9.96. The Morgan fingerprint density at radius 1 is 0.923 bits per heavy atom. The van der Waals surface area contributed by atoms with Gasteiger partial charge in [0.25, 0.3) is 21.6 Å². The number of hydrogen-bond donors (Lipinski definition) is 0. The first-order valence-corrected chi connectivity index (χ1v) is 5.06. The Kier molecular flexibility index (Phi) is 6.10. The Labute approximate surface area is 81.9 Å². The summed E-state index contributed by atoms with van der Waals surface area (Å²) in [6, 6.07) is 0. The van der Waals surface area contributed by atoms with E-state index in [1.165, 1.54) is 0 Å². The Hall–Kier alpha value is 0.340. The van der Waals surface area contributed by atoms with E-state index in [1.807, 2.05) is 0 Å². The molecule has 0 heterocycles. The van der Waals surface area contributed by atoms with Crippen LogP contribution in [0.3, 0.4) is 0 Å². The van der Waals surface area contributed by atoms with Gasteiger partial charge in [-0.05, 0) is 0 Å². The zero-order valence-corrected chi connectivity index (χ0v) is 8.63. The molecule has 0 atom stereocenters. The monoisotopic (exact) mass is 236 g/mol. The minimum absolute atomic E-state index is 0.147. The van der Waals surface area contributed by atoms with Crippen LogP contribution >= 0.6 is 0 Å². The van der Waals surface area contributed by atoms with Crippen LogP contribution in [-0.4, -0.2) is 13.2 Å². The number of halogens is 2. The van der Waals surface area contributed by atoms with E-state index in [9.17, 15) is 18.6 Å². The van der Waals surface area contributed by atoms with Crippen molar-refractivity contribution in [2.24, 2.45) is 5.41 Å². The summed E-state index contributed by atoms with van der Waals surface area (Å²) in [5, 5.41) is 0. The van der Waals surface area contributed by atoms with Crippen LogP contribution in [0.15, 0.2) is 0 Å². The van der Waals surface area contributed by atoms with Crippen molar-refractivity contribution in [3.05, 3.63) is 0 Å². The van der Waals surface area contributed by atoms with Gasteiger partial charge in [-0.1, -0.05) is 13.8 Å². The van der Waals surface area contributed by atoms with Gasteiger partial charge in [0.05, 0.1) is 0 Å². The second-order valence-corrected chi connectivity index (χ2v) is 4.24. The van der Waals surface area contributed by atoms with Crippen LogP contribution in [0.1, 0.15) is 13.8 Å². The van der Waals surface area contributed by atoms with Crippen molar-refractivity contribution in [1.82, 2.24) is 0 Å². The lowest BCUT2D eigenvalue weighted by atomic mass is 9.97. The molecule has 6 nitrogen and oxygen atoms in total. The third kappa shape index (κ3) is 8.66. The van der Waals surface area contributed by atoms with Gasteiger partial charge >= 0.3 is 0 Å². The second-order valence-electron chi connectivity index (χ2n) is 3.05. The molecule has 0 radical (unpaired) electrons. The van der Waals surface area contributed by atoms with Gasteiger partial charge < -0.3 is 18.6 Å². The van der Waals surface area contributed by atoms with Crippen LogP contribution in [0.4, 0.5) is 0 Å². The van der Waals surface area contributed by atoms with E-state index in [-0.39, 0.29) is 13.2 Å². The van der Waals surface area contributed by atoms with Crippen LogP contribution in [0.5, 0.6) is 0 Å². The Bertz CT molecular complexity index is 125. The third-order valence-electron chi connectivity index (χ3n) is 1.07. The predicted molar refractivity (Wildman–Crippen MR) is 25.7 cm³/mol. The summed E-state index contributed by atoms with van der Waals surface area (Å²) in [6.07, 6.45) is 0. The van der Waals surface area contributed by atoms with Crippen molar-refractivity contribution in [3.63, 3.8) is 0 Å². The first-order valence-electron chi connectivity index (χ1n) is 3.21. The molecule has 0 aliphatic carbocycles. The van der Waals surface area contributed by atoms with E-state index in [0.29, 0.717) is 0 Å². The highest BCUT2D eigenvalue weighted by Crippen LogP contribution is 2.16. The Balaban J connectivity index is 3.66. The lowest BCUT2D eigenvalue weighted by molar-refractivity contribution is -1.63. The van der Waals surface area contributed by atoms with Gasteiger partial charge in [0, 0.05) is 14.0 Å². The largest absolute Gasteiger partial charge is 0.320 e. The fourth-order valence-electron chi connectivity index (χ4n) is 0.426. The lowest BCUT2D eigenvalue weighted by Gasteiger charge is -2.15. The highest BCUT2D eigenvalue weighted by molar-refractivity contribution is 4.64. The number of rotatable bonds is 6. The Morgan fingerprint density at radius 2 is 1.23 bits per heavy atom. The van der Waals surface area contributed by atoms with E-state index in [0.717, 1.165) is 0 Å². The minimum atomic E-state index is -2.27. The van der Waals surface area contributed by atoms with Crippen LogP contribution in [-0.2, 0) is 8.58 Å². The van der Waals surface area contributed by atoms with Crippen LogP contribution in [0.2, 0.25) is 0 Å². The molecule has 0 aromatic rings.